The van der Waals surface area contributed by atoms with Gasteiger partial charge in [0.2, 0.25) is 5.91 Å². The highest BCUT2D eigenvalue weighted by atomic mass is 35.5. The highest BCUT2D eigenvalue weighted by Crippen LogP contribution is 2.33. The summed E-state index contributed by atoms with van der Waals surface area (Å²) in [7, 11) is 0. The standard InChI is InChI=1S/C18H18Cl3N3O2S/c1-9(2)7-14(25)24-6-5-12-13(8-24)27-18(22-12)23-17(26)15-10(19)3-4-11(20)16(15)21/h3-4,9H,5-8H2,1-2H3,(H,22,23,26). The molecule has 1 aliphatic heterocycles. The molecule has 1 aromatic carbocycles. The normalized spacial score (nSPS) is 13.6. The summed E-state index contributed by atoms with van der Waals surface area (Å²) in [6, 6.07) is 3.06. The first-order valence-electron chi connectivity index (χ1n) is 8.47. The average Bonchev–Trinajstić information content (AvgIpc) is 2.99. The first kappa shape index (κ1) is 20.4. The van der Waals surface area contributed by atoms with Crippen molar-refractivity contribution in [2.24, 2.45) is 5.92 Å². The number of nitrogens with one attached hydrogen (secondary N) is 1. The van der Waals surface area contributed by atoms with Gasteiger partial charge < -0.3 is 4.90 Å². The summed E-state index contributed by atoms with van der Waals surface area (Å²) in [4.78, 5) is 32.2. The molecule has 144 valence electrons. The summed E-state index contributed by atoms with van der Waals surface area (Å²) < 4.78 is 0. The largest absolute Gasteiger partial charge is 0.337 e. The second-order valence-electron chi connectivity index (χ2n) is 6.72. The molecule has 2 heterocycles. The molecule has 0 radical (unpaired) electrons. The molecule has 5 nitrogen and oxygen atoms in total. The van der Waals surface area contributed by atoms with Crippen LogP contribution in [0.15, 0.2) is 12.1 Å². The highest BCUT2D eigenvalue weighted by molar-refractivity contribution is 7.15. The van der Waals surface area contributed by atoms with E-state index >= 15 is 0 Å². The molecular formula is C18H18Cl3N3O2S. The van der Waals surface area contributed by atoms with E-state index in [4.69, 9.17) is 34.8 Å². The van der Waals surface area contributed by atoms with Crippen LogP contribution in [0.2, 0.25) is 15.1 Å². The van der Waals surface area contributed by atoms with Crippen LogP contribution in [-0.2, 0) is 17.8 Å². The maximum Gasteiger partial charge on any atom is 0.260 e. The monoisotopic (exact) mass is 445 g/mol. The van der Waals surface area contributed by atoms with Gasteiger partial charge in [-0.3, -0.25) is 14.9 Å². The van der Waals surface area contributed by atoms with Crippen LogP contribution in [0, 0.1) is 5.92 Å². The number of anilines is 1. The molecule has 0 unspecified atom stereocenters. The van der Waals surface area contributed by atoms with Crippen molar-refractivity contribution in [3.05, 3.63) is 43.3 Å². The molecule has 2 aromatic rings. The molecule has 0 saturated carbocycles. The third kappa shape index (κ3) is 4.57. The van der Waals surface area contributed by atoms with E-state index in [1.54, 1.807) is 0 Å². The number of thiazole rings is 1. The van der Waals surface area contributed by atoms with Gasteiger partial charge in [0.25, 0.3) is 5.91 Å². The van der Waals surface area contributed by atoms with Gasteiger partial charge in [0.05, 0.1) is 32.9 Å². The van der Waals surface area contributed by atoms with Crippen molar-refractivity contribution in [3.8, 4) is 0 Å². The zero-order valence-corrected chi connectivity index (χ0v) is 17.9. The molecule has 9 heteroatoms. The van der Waals surface area contributed by atoms with E-state index in [9.17, 15) is 9.59 Å². The van der Waals surface area contributed by atoms with E-state index in [0.717, 1.165) is 10.6 Å². The Balaban J connectivity index is 1.75. The van der Waals surface area contributed by atoms with Crippen LogP contribution < -0.4 is 5.32 Å². The smallest absolute Gasteiger partial charge is 0.260 e. The van der Waals surface area contributed by atoms with Gasteiger partial charge >= 0.3 is 0 Å². The van der Waals surface area contributed by atoms with E-state index in [2.05, 4.69) is 10.3 Å². The lowest BCUT2D eigenvalue weighted by atomic mass is 10.1. The van der Waals surface area contributed by atoms with Crippen LogP contribution in [0.1, 0.15) is 41.2 Å². The Hall–Kier alpha value is -1.34. The van der Waals surface area contributed by atoms with Crippen molar-refractivity contribution in [3.63, 3.8) is 0 Å². The highest BCUT2D eigenvalue weighted by Gasteiger charge is 2.25. The minimum Gasteiger partial charge on any atom is -0.337 e. The number of carbonyl (C=O) groups is 2. The third-order valence-corrected chi connectivity index (χ3v) is 6.28. The number of rotatable bonds is 4. The Labute approximate surface area is 176 Å². The summed E-state index contributed by atoms with van der Waals surface area (Å²) in [5, 5.41) is 3.77. The summed E-state index contributed by atoms with van der Waals surface area (Å²) in [5.74, 6) is 0.000800. The van der Waals surface area contributed by atoms with Crippen molar-refractivity contribution >= 4 is 63.1 Å². The van der Waals surface area contributed by atoms with Crippen LogP contribution in [0.25, 0.3) is 0 Å². The van der Waals surface area contributed by atoms with E-state index in [-0.39, 0.29) is 26.5 Å². The van der Waals surface area contributed by atoms with E-state index < -0.39 is 5.91 Å². The van der Waals surface area contributed by atoms with Gasteiger partial charge in [0.15, 0.2) is 5.13 Å². The van der Waals surface area contributed by atoms with Gasteiger partial charge in [0.1, 0.15) is 0 Å². The Kier molecular flexibility index (Phi) is 6.31. The Morgan fingerprint density at radius 2 is 1.96 bits per heavy atom. The SMILES string of the molecule is CC(C)CC(=O)N1CCc2nc(NC(=O)c3c(Cl)ccc(Cl)c3Cl)sc2C1. The topological polar surface area (TPSA) is 62.3 Å². The molecule has 1 N–H and O–H groups in total. The molecule has 0 saturated heterocycles. The molecule has 3 rings (SSSR count). The van der Waals surface area contributed by atoms with Crippen LogP contribution in [0.4, 0.5) is 5.13 Å². The third-order valence-electron chi connectivity index (χ3n) is 4.16. The van der Waals surface area contributed by atoms with E-state index in [0.29, 0.717) is 37.0 Å². The quantitative estimate of drug-likeness (QED) is 0.649. The lowest BCUT2D eigenvalue weighted by Gasteiger charge is -2.26. The van der Waals surface area contributed by atoms with Crippen LogP contribution in [0.5, 0.6) is 0 Å². The van der Waals surface area contributed by atoms with Crippen LogP contribution >= 0.6 is 46.1 Å². The van der Waals surface area contributed by atoms with Crippen molar-refractivity contribution < 1.29 is 9.59 Å². The first-order chi connectivity index (χ1) is 12.8. The Morgan fingerprint density at radius 3 is 2.67 bits per heavy atom. The van der Waals surface area contributed by atoms with Crippen molar-refractivity contribution in [1.82, 2.24) is 9.88 Å². The molecule has 2 amide bonds. The van der Waals surface area contributed by atoms with Gasteiger partial charge in [-0.2, -0.15) is 0 Å². The Bertz CT molecular complexity index is 898. The number of carbonyl (C=O) groups excluding carboxylic acids is 2. The van der Waals surface area contributed by atoms with Crippen molar-refractivity contribution in [2.45, 2.75) is 33.2 Å². The van der Waals surface area contributed by atoms with Crippen molar-refractivity contribution in [2.75, 3.05) is 11.9 Å². The molecule has 27 heavy (non-hydrogen) atoms. The summed E-state index contributed by atoms with van der Waals surface area (Å²) >= 11 is 19.5. The number of nitrogens with zero attached hydrogens (tertiary/aromatic N) is 2. The lowest BCUT2D eigenvalue weighted by molar-refractivity contribution is -0.132. The van der Waals surface area contributed by atoms with Gasteiger partial charge in [0, 0.05) is 24.3 Å². The van der Waals surface area contributed by atoms with Gasteiger partial charge in [-0.15, -0.1) is 0 Å². The lowest BCUT2D eigenvalue weighted by Crippen LogP contribution is -2.36. The summed E-state index contributed by atoms with van der Waals surface area (Å²) in [6.07, 6.45) is 1.20. The van der Waals surface area contributed by atoms with E-state index in [1.165, 1.54) is 23.5 Å². The van der Waals surface area contributed by atoms with Crippen LogP contribution in [-0.4, -0.2) is 28.2 Å². The number of amides is 2. The predicted octanol–water partition coefficient (Wildman–Crippen LogP) is 5.29. The zero-order valence-electron chi connectivity index (χ0n) is 14.8. The predicted molar refractivity (Wildman–Crippen MR) is 110 cm³/mol. The van der Waals surface area contributed by atoms with E-state index in [1.807, 2.05) is 18.7 Å². The Morgan fingerprint density at radius 1 is 1.26 bits per heavy atom. The summed E-state index contributed by atoms with van der Waals surface area (Å²) in [6.45, 7) is 5.22. The molecule has 0 atom stereocenters. The molecule has 0 fully saturated rings. The van der Waals surface area contributed by atoms with Crippen molar-refractivity contribution in [1.29, 1.82) is 0 Å². The van der Waals surface area contributed by atoms with Gasteiger partial charge in [-0.25, -0.2) is 4.98 Å². The minimum absolute atomic E-state index is 0.105. The minimum atomic E-state index is -0.466. The molecule has 0 aliphatic carbocycles. The number of halogens is 3. The first-order valence-corrected chi connectivity index (χ1v) is 10.4. The molecular weight excluding hydrogens is 429 g/mol. The van der Waals surface area contributed by atoms with Crippen LogP contribution in [0.3, 0.4) is 0 Å². The molecule has 1 aromatic heterocycles. The molecule has 0 bridgehead atoms. The maximum absolute atomic E-state index is 12.6. The number of hydrogen-bond donors (Lipinski definition) is 1. The fourth-order valence-corrected chi connectivity index (χ4v) is 4.55. The molecule has 0 spiro atoms. The number of benzene rings is 1. The number of hydrogen-bond acceptors (Lipinski definition) is 4. The summed E-state index contributed by atoms with van der Waals surface area (Å²) in [5.41, 5.74) is 1.03. The number of aromatic nitrogens is 1. The maximum atomic E-state index is 12.6. The second-order valence-corrected chi connectivity index (χ2v) is 9.00. The van der Waals surface area contributed by atoms with Gasteiger partial charge in [-0.05, 0) is 18.1 Å². The molecule has 1 aliphatic rings. The second kappa shape index (κ2) is 8.35. The fourth-order valence-electron chi connectivity index (χ4n) is 2.83. The number of fused-ring (bicyclic) bond motifs is 1. The average molecular weight is 447 g/mol. The van der Waals surface area contributed by atoms with Gasteiger partial charge in [-0.1, -0.05) is 60.0 Å². The fraction of sp³-hybridized carbons (Fsp3) is 0.389. The zero-order chi connectivity index (χ0) is 19.7.